The molecule has 13 heavy (non-hydrogen) atoms. The highest BCUT2D eigenvalue weighted by molar-refractivity contribution is 7.25. The average Bonchev–Trinajstić information content (AvgIpc) is 1.96. The van der Waals surface area contributed by atoms with E-state index < -0.39 is 34.5 Å². The highest BCUT2D eigenvalue weighted by Gasteiger charge is 2.21. The van der Waals surface area contributed by atoms with Gasteiger partial charge in [0.2, 0.25) is 0 Å². The number of carbonyl (C=O) groups is 1. The Kier molecular flexibility index (Phi) is 5.41. The molecular weight excluding hydrogens is 226 g/mol. The molecule has 0 aliphatic rings. The van der Waals surface area contributed by atoms with Gasteiger partial charge in [0.1, 0.15) is 6.61 Å². The van der Waals surface area contributed by atoms with Crippen LogP contribution < -0.4 is 0 Å². The Balaban J connectivity index is 4.18. The molecule has 1 N–H and O–H groups in total. The molecular formula is C3H4O8P2. The molecule has 0 radical (unpaired) electrons. The molecule has 0 aromatic rings. The smallest absolute Gasteiger partial charge is 0.469 e. The lowest BCUT2D eigenvalue weighted by molar-refractivity contribution is -0.146. The predicted octanol–water partition coefficient (Wildman–Crippen LogP) is 0.649. The molecule has 0 bridgehead atoms. The van der Waals surface area contributed by atoms with E-state index in [2.05, 4.69) is 9.05 Å². The topological polar surface area (TPSA) is 124 Å². The van der Waals surface area contributed by atoms with E-state index in [1.54, 1.807) is 0 Å². The van der Waals surface area contributed by atoms with E-state index in [4.69, 9.17) is 5.11 Å². The van der Waals surface area contributed by atoms with Crippen molar-refractivity contribution >= 4 is 21.8 Å². The summed E-state index contributed by atoms with van der Waals surface area (Å²) in [6.07, 6.45) is -1.84. The van der Waals surface area contributed by atoms with Crippen molar-refractivity contribution in [2.45, 2.75) is 6.10 Å². The number of hydrogen-bond acceptors (Lipinski definition) is 7. The lowest BCUT2D eigenvalue weighted by Crippen LogP contribution is -2.25. The van der Waals surface area contributed by atoms with E-state index in [0.29, 0.717) is 0 Å². The first-order valence-electron chi connectivity index (χ1n) is 2.74. The molecule has 0 aromatic carbocycles. The number of aliphatic carboxylic acids is 1. The zero-order valence-corrected chi connectivity index (χ0v) is 7.77. The van der Waals surface area contributed by atoms with Crippen LogP contribution in [0.4, 0.5) is 0 Å². The van der Waals surface area contributed by atoms with Crippen molar-refractivity contribution in [3.05, 3.63) is 0 Å². The molecule has 1 atom stereocenters. The Morgan fingerprint density at radius 1 is 1.23 bits per heavy atom. The first kappa shape index (κ1) is 12.2. The van der Waals surface area contributed by atoms with Crippen molar-refractivity contribution < 1.29 is 37.2 Å². The second kappa shape index (κ2) is 5.77. The maximum atomic E-state index is 10.2. The minimum Gasteiger partial charge on any atom is -0.479 e. The van der Waals surface area contributed by atoms with Crippen molar-refractivity contribution in [3.8, 4) is 0 Å². The number of hydrogen-bond donors (Lipinski definition) is 1. The molecule has 0 fully saturated rings. The molecule has 0 saturated heterocycles. The molecule has 74 valence electrons. The van der Waals surface area contributed by atoms with Gasteiger partial charge in [-0.1, -0.05) is 0 Å². The summed E-state index contributed by atoms with van der Waals surface area (Å²) in [7, 11) is -6.58. The van der Waals surface area contributed by atoms with Gasteiger partial charge in [0.25, 0.3) is 0 Å². The minimum atomic E-state index is -3.36. The molecule has 8 nitrogen and oxygen atoms in total. The highest BCUT2D eigenvalue weighted by Crippen LogP contribution is 2.14. The van der Waals surface area contributed by atoms with Crippen molar-refractivity contribution in [3.63, 3.8) is 0 Å². The molecule has 0 amide bonds. The van der Waals surface area contributed by atoms with E-state index in [1.807, 2.05) is 0 Å². The number of rotatable bonds is 6. The molecule has 0 spiro atoms. The molecule has 10 heteroatoms. The second-order valence-electron chi connectivity index (χ2n) is 1.68. The Morgan fingerprint density at radius 2 is 1.77 bits per heavy atom. The van der Waals surface area contributed by atoms with Crippen LogP contribution in [0.3, 0.4) is 0 Å². The summed E-state index contributed by atoms with van der Waals surface area (Å²) in [4.78, 5) is 10.2. The van der Waals surface area contributed by atoms with Crippen LogP contribution in [0.15, 0.2) is 0 Å². The Morgan fingerprint density at radius 3 is 2.08 bits per heavy atom. The second-order valence-corrected chi connectivity index (χ2v) is 3.04. The van der Waals surface area contributed by atoms with Gasteiger partial charge < -0.3 is 5.11 Å². The van der Waals surface area contributed by atoms with Gasteiger partial charge in [0.15, 0.2) is 6.10 Å². The lowest BCUT2D eigenvalue weighted by atomic mass is 10.4. The van der Waals surface area contributed by atoms with Crippen LogP contribution in [0.1, 0.15) is 0 Å². The molecule has 0 aliphatic carbocycles. The first-order chi connectivity index (χ1) is 5.93. The van der Waals surface area contributed by atoms with E-state index in [0.717, 1.165) is 0 Å². The summed E-state index contributed by atoms with van der Waals surface area (Å²) in [5.41, 5.74) is 0. The Bertz CT molecular complexity index is 297. The fourth-order valence-corrected chi connectivity index (χ4v) is 0.995. The van der Waals surface area contributed by atoms with Crippen molar-refractivity contribution in [1.82, 2.24) is 0 Å². The van der Waals surface area contributed by atoms with Gasteiger partial charge in [0.05, 0.1) is 0 Å². The van der Waals surface area contributed by atoms with E-state index in [9.17, 15) is 23.1 Å². The normalized spacial score (nSPS) is 12.0. The van der Waals surface area contributed by atoms with Crippen LogP contribution in [0, 0.1) is 0 Å². The third-order valence-electron chi connectivity index (χ3n) is 0.820. The van der Waals surface area contributed by atoms with Gasteiger partial charge >= 0.3 is 21.8 Å². The Labute approximate surface area is 72.6 Å². The predicted molar refractivity (Wildman–Crippen MR) is 35.0 cm³/mol. The summed E-state index contributed by atoms with van der Waals surface area (Å²) in [5.74, 6) is -1.63. The zero-order chi connectivity index (χ0) is 10.4. The fourth-order valence-electron chi connectivity index (χ4n) is 0.379. The largest absolute Gasteiger partial charge is 0.479 e. The maximum Gasteiger partial charge on any atom is 0.469 e. The van der Waals surface area contributed by atoms with Crippen molar-refractivity contribution in [2.75, 3.05) is 6.61 Å². The van der Waals surface area contributed by atoms with Gasteiger partial charge in [-0.3, -0.25) is 9.05 Å². The number of carboxylic acids is 1. The van der Waals surface area contributed by atoms with E-state index in [1.165, 1.54) is 0 Å². The zero-order valence-electron chi connectivity index (χ0n) is 5.98. The lowest BCUT2D eigenvalue weighted by Gasteiger charge is -2.03. The Hall–Kier alpha value is -0.810. The van der Waals surface area contributed by atoms with Gasteiger partial charge in [-0.15, -0.1) is 0 Å². The third-order valence-corrected chi connectivity index (χ3v) is 1.61. The van der Waals surface area contributed by atoms with Gasteiger partial charge in [0, 0.05) is 0 Å². The van der Waals surface area contributed by atoms with Gasteiger partial charge in [-0.2, -0.15) is 0 Å². The van der Waals surface area contributed by atoms with Crippen molar-refractivity contribution in [1.29, 1.82) is 0 Å². The van der Waals surface area contributed by atoms with Crippen LogP contribution in [0.2, 0.25) is 0 Å². The molecule has 0 aliphatic heterocycles. The molecule has 0 heterocycles. The summed E-state index contributed by atoms with van der Waals surface area (Å²) < 4.78 is 47.1. The first-order valence-corrected chi connectivity index (χ1v) is 4.94. The monoisotopic (exact) mass is 230 g/mol. The maximum absolute atomic E-state index is 10.2. The molecule has 0 unspecified atom stereocenters. The average molecular weight is 230 g/mol. The number of carboxylic acid groups (broad SMARTS) is 1. The summed E-state index contributed by atoms with van der Waals surface area (Å²) in [6, 6.07) is 0. The van der Waals surface area contributed by atoms with Crippen molar-refractivity contribution in [2.24, 2.45) is 0 Å². The molecule has 0 rings (SSSR count). The summed E-state index contributed by atoms with van der Waals surface area (Å²) in [6.45, 7) is -0.878. The SMILES string of the molecule is O=C(O)[C@@H](COP(=O)=O)OP(=O)=O. The van der Waals surface area contributed by atoms with E-state index in [-0.39, 0.29) is 0 Å². The molecule has 0 aromatic heterocycles. The van der Waals surface area contributed by atoms with Crippen LogP contribution in [0.25, 0.3) is 0 Å². The highest BCUT2D eigenvalue weighted by atomic mass is 31.1. The van der Waals surface area contributed by atoms with Crippen LogP contribution >= 0.6 is 15.8 Å². The van der Waals surface area contributed by atoms with Crippen LogP contribution in [-0.4, -0.2) is 23.8 Å². The van der Waals surface area contributed by atoms with Crippen LogP contribution in [-0.2, 0) is 32.1 Å². The minimum absolute atomic E-state index is 0.878. The van der Waals surface area contributed by atoms with Gasteiger partial charge in [-0.25, -0.2) is 23.1 Å². The van der Waals surface area contributed by atoms with Gasteiger partial charge in [-0.05, 0) is 0 Å². The fraction of sp³-hybridized carbons (Fsp3) is 0.667. The standard InChI is InChI=1S/C3H4O8P2/c4-3(5)2(11-13(8)9)1-10-12(6)7/h2H,1H2,(H,4,5)/t2-/m1/s1. The quantitative estimate of drug-likeness (QED) is 0.659. The third kappa shape index (κ3) is 6.36. The molecule has 0 saturated carbocycles. The summed E-state index contributed by atoms with van der Waals surface area (Å²) in [5, 5.41) is 8.27. The van der Waals surface area contributed by atoms with Crippen LogP contribution in [0.5, 0.6) is 0 Å². The summed E-state index contributed by atoms with van der Waals surface area (Å²) >= 11 is 0. The van der Waals surface area contributed by atoms with E-state index >= 15 is 0 Å².